The van der Waals surface area contributed by atoms with E-state index in [9.17, 15) is 9.59 Å². The summed E-state index contributed by atoms with van der Waals surface area (Å²) in [4.78, 5) is 27.0. The van der Waals surface area contributed by atoms with E-state index in [0.29, 0.717) is 11.5 Å². The zero-order valence-electron chi connectivity index (χ0n) is 17.2. The number of thioether (sulfide) groups is 1. The molecule has 1 aliphatic rings. The zero-order valence-corrected chi connectivity index (χ0v) is 18.0. The fourth-order valence-electron chi connectivity index (χ4n) is 3.02. The molecule has 1 saturated heterocycles. The molecule has 0 spiro atoms. The van der Waals surface area contributed by atoms with Crippen LogP contribution in [-0.4, -0.2) is 48.4 Å². The topological polar surface area (TPSA) is 71.0 Å². The van der Waals surface area contributed by atoms with Gasteiger partial charge in [-0.25, -0.2) is 5.43 Å². The minimum Gasteiger partial charge on any atom is -0.484 e. The number of piperidine rings is 1. The van der Waals surface area contributed by atoms with E-state index in [2.05, 4.69) is 10.5 Å². The molecule has 3 rings (SSSR count). The van der Waals surface area contributed by atoms with Gasteiger partial charge in [-0.3, -0.25) is 9.59 Å². The lowest BCUT2D eigenvalue weighted by Gasteiger charge is -2.26. The number of likely N-dealkylation sites (tertiary alicyclic amines) is 1. The predicted molar refractivity (Wildman–Crippen MR) is 120 cm³/mol. The highest BCUT2D eigenvalue weighted by Crippen LogP contribution is 2.17. The Morgan fingerprint density at radius 3 is 2.47 bits per heavy atom. The van der Waals surface area contributed by atoms with Gasteiger partial charge in [0, 0.05) is 18.0 Å². The lowest BCUT2D eigenvalue weighted by atomic mass is 10.1. The molecule has 2 aromatic rings. The van der Waals surface area contributed by atoms with E-state index < -0.39 is 0 Å². The summed E-state index contributed by atoms with van der Waals surface area (Å²) >= 11 is 1.47. The van der Waals surface area contributed by atoms with Crippen molar-refractivity contribution in [3.63, 3.8) is 0 Å². The van der Waals surface area contributed by atoms with Crippen LogP contribution in [-0.2, 0) is 9.59 Å². The number of nitrogens with one attached hydrogen (secondary N) is 1. The van der Waals surface area contributed by atoms with Crippen molar-refractivity contribution in [3.05, 3.63) is 59.7 Å². The molecule has 7 heteroatoms. The first-order valence-corrected chi connectivity index (χ1v) is 11.1. The average Bonchev–Trinajstić information content (AvgIpc) is 2.78. The SMILES string of the molecule is Cc1ccc(SCC(=O)N/N=C\c2ccc(OCC(=O)N3CCCCC3)cc2)cc1. The van der Waals surface area contributed by atoms with Crippen molar-refractivity contribution in [2.75, 3.05) is 25.4 Å². The second kappa shape index (κ2) is 11.4. The number of nitrogens with zero attached hydrogens (tertiary/aromatic N) is 2. The maximum absolute atomic E-state index is 12.1. The Morgan fingerprint density at radius 2 is 1.77 bits per heavy atom. The Balaban J connectivity index is 1.37. The second-order valence-corrected chi connectivity index (χ2v) is 8.24. The number of hydrogen-bond donors (Lipinski definition) is 1. The van der Waals surface area contributed by atoms with Crippen molar-refractivity contribution >= 4 is 29.8 Å². The summed E-state index contributed by atoms with van der Waals surface area (Å²) in [5.74, 6) is 0.814. The molecule has 30 heavy (non-hydrogen) atoms. The van der Waals surface area contributed by atoms with Crippen LogP contribution in [0.2, 0.25) is 0 Å². The fourth-order valence-corrected chi connectivity index (χ4v) is 3.72. The summed E-state index contributed by atoms with van der Waals surface area (Å²) in [7, 11) is 0. The monoisotopic (exact) mass is 425 g/mol. The van der Waals surface area contributed by atoms with Crippen LogP contribution < -0.4 is 10.2 Å². The Morgan fingerprint density at radius 1 is 1.07 bits per heavy atom. The molecule has 1 fully saturated rings. The lowest BCUT2D eigenvalue weighted by molar-refractivity contribution is -0.134. The van der Waals surface area contributed by atoms with Crippen molar-refractivity contribution in [2.45, 2.75) is 31.1 Å². The Labute approximate surface area is 181 Å². The normalized spacial score (nSPS) is 14.0. The van der Waals surface area contributed by atoms with Crippen molar-refractivity contribution in [2.24, 2.45) is 5.10 Å². The largest absolute Gasteiger partial charge is 0.484 e. The molecule has 0 saturated carbocycles. The summed E-state index contributed by atoms with van der Waals surface area (Å²) in [6.07, 6.45) is 4.92. The van der Waals surface area contributed by atoms with Crippen LogP contribution in [0.1, 0.15) is 30.4 Å². The van der Waals surface area contributed by atoms with E-state index in [1.165, 1.54) is 23.7 Å². The summed E-state index contributed by atoms with van der Waals surface area (Å²) < 4.78 is 5.59. The Kier molecular flexibility index (Phi) is 8.32. The maximum atomic E-state index is 12.1. The average molecular weight is 426 g/mol. The molecule has 1 heterocycles. The third-order valence-electron chi connectivity index (χ3n) is 4.74. The number of aryl methyl sites for hydroxylation is 1. The Hall–Kier alpha value is -2.80. The third-order valence-corrected chi connectivity index (χ3v) is 5.76. The van der Waals surface area contributed by atoms with Crippen molar-refractivity contribution in [3.8, 4) is 5.75 Å². The molecule has 158 valence electrons. The molecule has 2 aromatic carbocycles. The van der Waals surface area contributed by atoms with E-state index in [0.717, 1.165) is 36.4 Å². The fraction of sp³-hybridized carbons (Fsp3) is 0.348. The summed E-state index contributed by atoms with van der Waals surface area (Å²) in [5.41, 5.74) is 4.55. The number of carbonyl (C=O) groups excluding carboxylic acids is 2. The number of ether oxygens (including phenoxy) is 1. The third kappa shape index (κ3) is 7.22. The molecule has 2 amide bonds. The number of amides is 2. The van der Waals surface area contributed by atoms with E-state index in [1.54, 1.807) is 18.3 Å². The van der Waals surface area contributed by atoms with Gasteiger partial charge in [-0.15, -0.1) is 11.8 Å². The first kappa shape index (κ1) is 21.9. The van der Waals surface area contributed by atoms with Gasteiger partial charge in [0.1, 0.15) is 5.75 Å². The molecular weight excluding hydrogens is 398 g/mol. The highest BCUT2D eigenvalue weighted by atomic mass is 32.2. The van der Waals surface area contributed by atoms with Gasteiger partial charge < -0.3 is 9.64 Å². The van der Waals surface area contributed by atoms with Crippen molar-refractivity contribution in [1.82, 2.24) is 10.3 Å². The van der Waals surface area contributed by atoms with Crippen LogP contribution in [0, 0.1) is 6.92 Å². The second-order valence-electron chi connectivity index (χ2n) is 7.19. The first-order chi connectivity index (χ1) is 14.6. The van der Waals surface area contributed by atoms with E-state index in [1.807, 2.05) is 48.2 Å². The van der Waals surface area contributed by atoms with Gasteiger partial charge in [0.2, 0.25) is 5.91 Å². The summed E-state index contributed by atoms with van der Waals surface area (Å²) in [5, 5.41) is 3.99. The standard InChI is InChI=1S/C23H27N3O3S/c1-18-5-11-21(12-6-18)30-17-22(27)25-24-15-19-7-9-20(10-8-19)29-16-23(28)26-13-3-2-4-14-26/h5-12,15H,2-4,13-14,16-17H2,1H3,(H,25,27)/b24-15-. The van der Waals surface area contributed by atoms with Gasteiger partial charge in [-0.2, -0.15) is 5.10 Å². The maximum Gasteiger partial charge on any atom is 0.260 e. The highest BCUT2D eigenvalue weighted by Gasteiger charge is 2.16. The Bertz CT molecular complexity index is 860. The van der Waals surface area contributed by atoms with Gasteiger partial charge >= 0.3 is 0 Å². The van der Waals surface area contributed by atoms with Gasteiger partial charge in [-0.05, 0) is 68.1 Å². The van der Waals surface area contributed by atoms with Crippen LogP contribution in [0.5, 0.6) is 5.75 Å². The van der Waals surface area contributed by atoms with E-state index >= 15 is 0 Å². The predicted octanol–water partition coefficient (Wildman–Crippen LogP) is 3.63. The quantitative estimate of drug-likeness (QED) is 0.398. The minimum atomic E-state index is -0.159. The van der Waals surface area contributed by atoms with Crippen LogP contribution in [0.15, 0.2) is 58.5 Å². The summed E-state index contributed by atoms with van der Waals surface area (Å²) in [6, 6.07) is 15.3. The van der Waals surface area contributed by atoms with Crippen LogP contribution >= 0.6 is 11.8 Å². The zero-order chi connectivity index (χ0) is 21.2. The molecule has 0 bridgehead atoms. The first-order valence-electron chi connectivity index (χ1n) is 10.1. The van der Waals surface area contributed by atoms with Gasteiger partial charge in [-0.1, -0.05) is 17.7 Å². The van der Waals surface area contributed by atoms with Gasteiger partial charge in [0.15, 0.2) is 6.61 Å². The molecule has 0 aromatic heterocycles. The molecule has 0 radical (unpaired) electrons. The van der Waals surface area contributed by atoms with Crippen LogP contribution in [0.3, 0.4) is 0 Å². The number of benzene rings is 2. The number of carbonyl (C=O) groups is 2. The highest BCUT2D eigenvalue weighted by molar-refractivity contribution is 8.00. The molecule has 0 unspecified atom stereocenters. The molecule has 0 atom stereocenters. The number of hydrogen-bond acceptors (Lipinski definition) is 5. The van der Waals surface area contributed by atoms with Gasteiger partial charge in [0.25, 0.3) is 5.91 Å². The van der Waals surface area contributed by atoms with Gasteiger partial charge in [0.05, 0.1) is 12.0 Å². The summed E-state index contributed by atoms with van der Waals surface area (Å²) in [6.45, 7) is 3.74. The molecule has 1 N–H and O–H groups in total. The van der Waals surface area contributed by atoms with E-state index in [4.69, 9.17) is 4.74 Å². The van der Waals surface area contributed by atoms with Crippen molar-refractivity contribution in [1.29, 1.82) is 0 Å². The number of rotatable bonds is 8. The lowest BCUT2D eigenvalue weighted by Crippen LogP contribution is -2.38. The molecule has 1 aliphatic heterocycles. The van der Waals surface area contributed by atoms with Crippen LogP contribution in [0.4, 0.5) is 0 Å². The van der Waals surface area contributed by atoms with Crippen molar-refractivity contribution < 1.29 is 14.3 Å². The molecule has 6 nitrogen and oxygen atoms in total. The van der Waals surface area contributed by atoms with Crippen LogP contribution in [0.25, 0.3) is 0 Å². The molecule has 0 aliphatic carbocycles. The molecular formula is C23H27N3O3S. The van der Waals surface area contributed by atoms with E-state index in [-0.39, 0.29) is 18.4 Å². The number of hydrazone groups is 1. The minimum absolute atomic E-state index is 0.0339. The smallest absolute Gasteiger partial charge is 0.260 e.